The molecule has 3 heteroatoms. The van der Waals surface area contributed by atoms with Gasteiger partial charge >= 0.3 is 0 Å². The number of hydrogen-bond donors (Lipinski definition) is 0. The molecule has 0 fully saturated rings. The van der Waals surface area contributed by atoms with Crippen molar-refractivity contribution in [2.45, 2.75) is 6.92 Å². The highest BCUT2D eigenvalue weighted by molar-refractivity contribution is 6.31. The predicted octanol–water partition coefficient (Wildman–Crippen LogP) is 6.26. The van der Waals surface area contributed by atoms with E-state index in [0.717, 1.165) is 16.7 Å². The van der Waals surface area contributed by atoms with Gasteiger partial charge in [0.05, 0.1) is 5.02 Å². The van der Waals surface area contributed by atoms with E-state index in [0.29, 0.717) is 11.1 Å². The maximum Gasteiger partial charge on any atom is 0.149 e. The fraction of sp³-hybridized carbons (Fsp3) is 0.0526. The molecule has 0 radical (unpaired) electrons. The maximum absolute atomic E-state index is 14.0. The number of rotatable bonds is 2. The molecule has 0 nitrogen and oxygen atoms in total. The van der Waals surface area contributed by atoms with Crippen molar-refractivity contribution in [3.05, 3.63) is 82.9 Å². The Balaban J connectivity index is 1.99. The molecule has 0 aliphatic heterocycles. The lowest BCUT2D eigenvalue weighted by atomic mass is 9.99. The Morgan fingerprint density at radius 2 is 1.41 bits per heavy atom. The van der Waals surface area contributed by atoms with Crippen molar-refractivity contribution in [2.75, 3.05) is 0 Å². The Bertz CT molecular complexity index is 823. The summed E-state index contributed by atoms with van der Waals surface area (Å²) in [5.74, 6) is -0.666. The van der Waals surface area contributed by atoms with Crippen molar-refractivity contribution in [3.63, 3.8) is 0 Å². The normalized spacial score (nSPS) is 10.7. The van der Waals surface area contributed by atoms with Crippen LogP contribution < -0.4 is 0 Å². The Kier molecular flexibility index (Phi) is 3.95. The van der Waals surface area contributed by atoms with Crippen LogP contribution >= 0.6 is 11.6 Å². The number of halogens is 3. The zero-order valence-corrected chi connectivity index (χ0v) is 12.7. The molecule has 0 atom stereocenters. The van der Waals surface area contributed by atoms with Gasteiger partial charge in [0.25, 0.3) is 0 Å². The SMILES string of the molecule is Cc1ccc(-c2ccc(-c3cccc(Cl)c3F)cc2)cc1F. The van der Waals surface area contributed by atoms with Crippen molar-refractivity contribution >= 4 is 11.6 Å². The number of hydrogen-bond acceptors (Lipinski definition) is 0. The van der Waals surface area contributed by atoms with Crippen LogP contribution in [0.1, 0.15) is 5.56 Å². The van der Waals surface area contributed by atoms with Crippen molar-refractivity contribution in [1.82, 2.24) is 0 Å². The van der Waals surface area contributed by atoms with Crippen LogP contribution in [0.2, 0.25) is 5.02 Å². The van der Waals surface area contributed by atoms with Gasteiger partial charge < -0.3 is 0 Å². The van der Waals surface area contributed by atoms with Gasteiger partial charge in [-0.05, 0) is 41.3 Å². The van der Waals surface area contributed by atoms with E-state index in [2.05, 4.69) is 0 Å². The summed E-state index contributed by atoms with van der Waals surface area (Å²) in [6.45, 7) is 1.73. The van der Waals surface area contributed by atoms with Crippen molar-refractivity contribution in [1.29, 1.82) is 0 Å². The molecular weight excluding hydrogens is 302 g/mol. The minimum atomic E-state index is -0.432. The van der Waals surface area contributed by atoms with E-state index in [1.54, 1.807) is 25.1 Å². The number of benzene rings is 3. The molecule has 0 aromatic heterocycles. The van der Waals surface area contributed by atoms with E-state index in [-0.39, 0.29) is 10.8 Å². The van der Waals surface area contributed by atoms with Crippen LogP contribution in [0.5, 0.6) is 0 Å². The van der Waals surface area contributed by atoms with E-state index < -0.39 is 5.82 Å². The van der Waals surface area contributed by atoms with Crippen LogP contribution in [0.25, 0.3) is 22.3 Å². The minimum Gasteiger partial charge on any atom is -0.207 e. The predicted molar refractivity (Wildman–Crippen MR) is 87.0 cm³/mol. The van der Waals surface area contributed by atoms with Crippen LogP contribution in [-0.2, 0) is 0 Å². The monoisotopic (exact) mass is 314 g/mol. The van der Waals surface area contributed by atoms with E-state index in [1.165, 1.54) is 12.1 Å². The fourth-order valence-electron chi connectivity index (χ4n) is 2.34. The first-order valence-electron chi connectivity index (χ1n) is 6.87. The van der Waals surface area contributed by atoms with Crippen LogP contribution in [0.15, 0.2) is 60.7 Å². The van der Waals surface area contributed by atoms with Gasteiger partial charge in [0.1, 0.15) is 11.6 Å². The minimum absolute atomic E-state index is 0.0992. The highest BCUT2D eigenvalue weighted by atomic mass is 35.5. The zero-order chi connectivity index (χ0) is 15.7. The second kappa shape index (κ2) is 5.90. The Labute approximate surface area is 133 Å². The second-order valence-corrected chi connectivity index (χ2v) is 5.55. The molecule has 3 rings (SSSR count). The maximum atomic E-state index is 14.0. The molecule has 0 amide bonds. The Morgan fingerprint density at radius 3 is 2.09 bits per heavy atom. The van der Waals surface area contributed by atoms with E-state index in [4.69, 9.17) is 11.6 Å². The third kappa shape index (κ3) is 2.75. The van der Waals surface area contributed by atoms with Gasteiger partial charge in [-0.15, -0.1) is 0 Å². The third-order valence-electron chi connectivity index (χ3n) is 3.65. The molecule has 0 aliphatic rings. The summed E-state index contributed by atoms with van der Waals surface area (Å²) in [5, 5.41) is 0.0992. The Morgan fingerprint density at radius 1 is 0.773 bits per heavy atom. The van der Waals surface area contributed by atoms with Crippen molar-refractivity contribution in [2.24, 2.45) is 0 Å². The lowest BCUT2D eigenvalue weighted by Gasteiger charge is -2.07. The highest BCUT2D eigenvalue weighted by Crippen LogP contribution is 2.30. The van der Waals surface area contributed by atoms with Gasteiger partial charge in [0, 0.05) is 5.56 Å². The van der Waals surface area contributed by atoms with Gasteiger partial charge in [-0.3, -0.25) is 0 Å². The second-order valence-electron chi connectivity index (χ2n) is 5.14. The fourth-order valence-corrected chi connectivity index (χ4v) is 2.52. The molecule has 3 aromatic rings. The number of aryl methyl sites for hydroxylation is 1. The third-order valence-corrected chi connectivity index (χ3v) is 3.94. The lowest BCUT2D eigenvalue weighted by Crippen LogP contribution is -1.87. The molecule has 110 valence electrons. The average Bonchev–Trinajstić information content (AvgIpc) is 2.53. The lowest BCUT2D eigenvalue weighted by molar-refractivity contribution is 0.619. The molecule has 0 bridgehead atoms. The highest BCUT2D eigenvalue weighted by Gasteiger charge is 2.09. The quantitative estimate of drug-likeness (QED) is 0.523. The summed E-state index contributed by atoms with van der Waals surface area (Å²) in [6.07, 6.45) is 0. The average molecular weight is 315 g/mol. The first kappa shape index (κ1) is 14.7. The van der Waals surface area contributed by atoms with Gasteiger partial charge in [-0.1, -0.05) is 60.1 Å². The molecule has 0 N–H and O–H groups in total. The van der Waals surface area contributed by atoms with Crippen LogP contribution in [0.3, 0.4) is 0 Å². The Hall–Kier alpha value is -2.19. The van der Waals surface area contributed by atoms with Crippen molar-refractivity contribution in [3.8, 4) is 22.3 Å². The first-order chi connectivity index (χ1) is 10.6. The van der Waals surface area contributed by atoms with Gasteiger partial charge in [-0.25, -0.2) is 8.78 Å². The topological polar surface area (TPSA) is 0 Å². The molecule has 0 saturated carbocycles. The van der Waals surface area contributed by atoms with E-state index in [1.807, 2.05) is 30.3 Å². The van der Waals surface area contributed by atoms with E-state index in [9.17, 15) is 8.78 Å². The van der Waals surface area contributed by atoms with E-state index >= 15 is 0 Å². The van der Waals surface area contributed by atoms with Crippen LogP contribution in [0.4, 0.5) is 8.78 Å². The smallest absolute Gasteiger partial charge is 0.149 e. The molecule has 0 aliphatic carbocycles. The summed E-state index contributed by atoms with van der Waals surface area (Å²) in [7, 11) is 0. The van der Waals surface area contributed by atoms with Crippen LogP contribution in [0, 0.1) is 18.6 Å². The summed E-state index contributed by atoms with van der Waals surface area (Å²) in [4.78, 5) is 0. The van der Waals surface area contributed by atoms with Gasteiger partial charge in [0.2, 0.25) is 0 Å². The molecule has 0 spiro atoms. The first-order valence-corrected chi connectivity index (χ1v) is 7.25. The molecule has 0 saturated heterocycles. The summed E-state index contributed by atoms with van der Waals surface area (Å²) in [6, 6.07) is 17.3. The standard InChI is InChI=1S/C19H13ClF2/c1-12-5-6-15(11-18(12)21)13-7-9-14(10-8-13)16-3-2-4-17(20)19(16)22/h2-11H,1H3. The molecule has 3 aromatic carbocycles. The van der Waals surface area contributed by atoms with Gasteiger partial charge in [0.15, 0.2) is 0 Å². The summed E-state index contributed by atoms with van der Waals surface area (Å²) in [5.41, 5.74) is 3.47. The van der Waals surface area contributed by atoms with Crippen LogP contribution in [-0.4, -0.2) is 0 Å². The molecular formula is C19H13ClF2. The molecule has 0 heterocycles. The van der Waals surface area contributed by atoms with Crippen molar-refractivity contribution < 1.29 is 8.78 Å². The molecule has 0 unspecified atom stereocenters. The summed E-state index contributed by atoms with van der Waals surface area (Å²) >= 11 is 5.81. The summed E-state index contributed by atoms with van der Waals surface area (Å²) < 4.78 is 27.7. The largest absolute Gasteiger partial charge is 0.207 e. The zero-order valence-electron chi connectivity index (χ0n) is 11.9. The molecule has 22 heavy (non-hydrogen) atoms. The van der Waals surface area contributed by atoms with Gasteiger partial charge in [-0.2, -0.15) is 0 Å².